The van der Waals surface area contributed by atoms with Crippen LogP contribution in [0.25, 0.3) is 0 Å². The molecule has 2 aromatic rings. The smallest absolute Gasteiger partial charge is 0.313 e. The summed E-state index contributed by atoms with van der Waals surface area (Å²) in [6.07, 6.45) is 0.574. The molecule has 0 radical (unpaired) electrons. The van der Waals surface area contributed by atoms with E-state index < -0.39 is 30.2 Å². The SMILES string of the molecule is CC[C@H](C(=O)OCC(=O)[C@@H](C#N)c1nc(C)cs1)c1ccccc1. The van der Waals surface area contributed by atoms with Crippen LogP contribution in [0.3, 0.4) is 0 Å². The molecule has 0 aliphatic rings. The Labute approximate surface area is 144 Å². The maximum atomic E-state index is 12.3. The minimum absolute atomic E-state index is 0.415. The Hall–Kier alpha value is -2.52. The Morgan fingerprint density at radius 1 is 1.33 bits per heavy atom. The quantitative estimate of drug-likeness (QED) is 0.721. The van der Waals surface area contributed by atoms with Gasteiger partial charge >= 0.3 is 5.97 Å². The minimum Gasteiger partial charge on any atom is -0.457 e. The number of aromatic nitrogens is 1. The number of carbonyl (C=O) groups is 2. The Morgan fingerprint density at radius 3 is 2.58 bits per heavy atom. The number of nitrogens with zero attached hydrogens (tertiary/aromatic N) is 2. The van der Waals surface area contributed by atoms with E-state index in [0.717, 1.165) is 11.3 Å². The van der Waals surface area contributed by atoms with Crippen LogP contribution in [0.4, 0.5) is 0 Å². The average molecular weight is 342 g/mol. The van der Waals surface area contributed by atoms with Gasteiger partial charge in [-0.15, -0.1) is 11.3 Å². The van der Waals surface area contributed by atoms with Crippen molar-refractivity contribution in [3.05, 3.63) is 52.0 Å². The topological polar surface area (TPSA) is 80.0 Å². The molecule has 0 spiro atoms. The Morgan fingerprint density at radius 2 is 2.04 bits per heavy atom. The highest BCUT2D eigenvalue weighted by Crippen LogP contribution is 2.23. The number of rotatable bonds is 7. The molecule has 0 bridgehead atoms. The molecule has 0 aliphatic heterocycles. The molecule has 124 valence electrons. The first-order valence-electron chi connectivity index (χ1n) is 7.62. The molecule has 5 nitrogen and oxygen atoms in total. The normalized spacial score (nSPS) is 12.9. The first-order chi connectivity index (χ1) is 11.6. The molecular weight excluding hydrogens is 324 g/mol. The highest BCUT2D eigenvalue weighted by Gasteiger charge is 2.26. The zero-order valence-electron chi connectivity index (χ0n) is 13.6. The summed E-state index contributed by atoms with van der Waals surface area (Å²) in [5.74, 6) is -2.32. The molecule has 0 amide bonds. The molecule has 2 atom stereocenters. The fourth-order valence-electron chi connectivity index (χ4n) is 2.32. The number of ketones is 1. The average Bonchev–Trinajstić information content (AvgIpc) is 3.01. The molecule has 1 heterocycles. The third-order valence-electron chi connectivity index (χ3n) is 3.59. The molecule has 0 aliphatic carbocycles. The summed E-state index contributed by atoms with van der Waals surface area (Å²) < 4.78 is 5.16. The Balaban J connectivity index is 1.99. The number of nitriles is 1. The van der Waals surface area contributed by atoms with Crippen LogP contribution < -0.4 is 0 Å². The highest BCUT2D eigenvalue weighted by atomic mass is 32.1. The molecule has 0 fully saturated rings. The number of esters is 1. The van der Waals surface area contributed by atoms with Gasteiger partial charge < -0.3 is 4.74 Å². The maximum Gasteiger partial charge on any atom is 0.313 e. The predicted octanol–water partition coefficient (Wildman–Crippen LogP) is 3.36. The summed E-state index contributed by atoms with van der Waals surface area (Å²) in [5, 5.41) is 11.4. The number of hydrogen-bond donors (Lipinski definition) is 0. The fourth-order valence-corrected chi connectivity index (χ4v) is 3.18. The number of carbonyl (C=O) groups excluding carboxylic acids is 2. The summed E-state index contributed by atoms with van der Waals surface area (Å²) in [4.78, 5) is 28.6. The third kappa shape index (κ3) is 4.27. The van der Waals surface area contributed by atoms with Gasteiger partial charge in [0.15, 0.2) is 18.3 Å². The van der Waals surface area contributed by atoms with Crippen LogP contribution in [0.1, 0.15) is 41.4 Å². The predicted molar refractivity (Wildman–Crippen MR) is 90.6 cm³/mol. The summed E-state index contributed by atoms with van der Waals surface area (Å²) in [5.41, 5.74) is 1.61. The van der Waals surface area contributed by atoms with Gasteiger partial charge in [-0.1, -0.05) is 37.3 Å². The summed E-state index contributed by atoms with van der Waals surface area (Å²) >= 11 is 1.26. The van der Waals surface area contributed by atoms with Gasteiger partial charge in [0.1, 0.15) is 5.01 Å². The van der Waals surface area contributed by atoms with E-state index in [1.807, 2.05) is 43.3 Å². The lowest BCUT2D eigenvalue weighted by Crippen LogP contribution is -2.23. The maximum absolute atomic E-state index is 12.3. The second kappa shape index (κ2) is 8.37. The third-order valence-corrected chi connectivity index (χ3v) is 4.61. The van der Waals surface area contributed by atoms with E-state index in [-0.39, 0.29) is 0 Å². The van der Waals surface area contributed by atoms with E-state index in [9.17, 15) is 14.9 Å². The molecule has 0 N–H and O–H groups in total. The van der Waals surface area contributed by atoms with Crippen LogP contribution in [-0.4, -0.2) is 23.3 Å². The molecule has 2 rings (SSSR count). The fraction of sp³-hybridized carbons (Fsp3) is 0.333. The number of hydrogen-bond acceptors (Lipinski definition) is 6. The van der Waals surface area contributed by atoms with Gasteiger partial charge in [-0.05, 0) is 18.9 Å². The van der Waals surface area contributed by atoms with Gasteiger partial charge in [0.25, 0.3) is 0 Å². The van der Waals surface area contributed by atoms with E-state index in [1.165, 1.54) is 11.3 Å². The summed E-state index contributed by atoms with van der Waals surface area (Å²) in [6.45, 7) is 3.26. The summed E-state index contributed by atoms with van der Waals surface area (Å²) in [6, 6.07) is 11.2. The van der Waals surface area contributed by atoms with Crippen molar-refractivity contribution < 1.29 is 14.3 Å². The Bertz CT molecular complexity index is 749. The number of ether oxygens (including phenoxy) is 1. The molecule has 0 saturated carbocycles. The zero-order chi connectivity index (χ0) is 17.5. The minimum atomic E-state index is -0.992. The van der Waals surface area contributed by atoms with Crippen molar-refractivity contribution in [3.8, 4) is 6.07 Å². The van der Waals surface area contributed by atoms with Crippen molar-refractivity contribution in [1.29, 1.82) is 5.26 Å². The Kier molecular flexibility index (Phi) is 6.21. The van der Waals surface area contributed by atoms with Crippen molar-refractivity contribution in [1.82, 2.24) is 4.98 Å². The molecule has 0 saturated heterocycles. The molecule has 24 heavy (non-hydrogen) atoms. The van der Waals surface area contributed by atoms with E-state index in [4.69, 9.17) is 4.74 Å². The lowest BCUT2D eigenvalue weighted by atomic mass is 9.97. The monoisotopic (exact) mass is 342 g/mol. The van der Waals surface area contributed by atoms with Crippen LogP contribution in [-0.2, 0) is 14.3 Å². The molecule has 6 heteroatoms. The first-order valence-corrected chi connectivity index (χ1v) is 8.50. The van der Waals surface area contributed by atoms with Gasteiger partial charge in [-0.3, -0.25) is 9.59 Å². The van der Waals surface area contributed by atoms with Crippen molar-refractivity contribution in [3.63, 3.8) is 0 Å². The molecule has 0 unspecified atom stereocenters. The van der Waals surface area contributed by atoms with Crippen LogP contribution in [0.15, 0.2) is 35.7 Å². The van der Waals surface area contributed by atoms with Gasteiger partial charge in [0, 0.05) is 11.1 Å². The van der Waals surface area contributed by atoms with Crippen molar-refractivity contribution in [2.45, 2.75) is 32.1 Å². The van der Waals surface area contributed by atoms with Gasteiger partial charge in [-0.25, -0.2) is 4.98 Å². The number of thiazole rings is 1. The van der Waals surface area contributed by atoms with Crippen LogP contribution >= 0.6 is 11.3 Å². The van der Waals surface area contributed by atoms with E-state index in [2.05, 4.69) is 4.98 Å². The first kappa shape index (κ1) is 17.8. The highest BCUT2D eigenvalue weighted by molar-refractivity contribution is 7.09. The van der Waals surface area contributed by atoms with Crippen LogP contribution in [0.5, 0.6) is 0 Å². The second-order valence-electron chi connectivity index (χ2n) is 5.33. The van der Waals surface area contributed by atoms with Gasteiger partial charge in [0.05, 0.1) is 12.0 Å². The van der Waals surface area contributed by atoms with Gasteiger partial charge in [0.2, 0.25) is 0 Å². The lowest BCUT2D eigenvalue weighted by Gasteiger charge is -2.14. The number of aryl methyl sites for hydroxylation is 1. The number of Topliss-reactive ketones (excluding diaryl/α,β-unsaturated/α-hetero) is 1. The summed E-state index contributed by atoms with van der Waals surface area (Å²) in [7, 11) is 0. The van der Waals surface area contributed by atoms with Crippen molar-refractivity contribution in [2.24, 2.45) is 0 Å². The van der Waals surface area contributed by atoms with E-state index in [0.29, 0.717) is 11.4 Å². The second-order valence-corrected chi connectivity index (χ2v) is 6.22. The van der Waals surface area contributed by atoms with Crippen molar-refractivity contribution >= 4 is 23.1 Å². The molecule has 1 aromatic heterocycles. The largest absolute Gasteiger partial charge is 0.457 e. The molecular formula is C18H18N2O3S. The van der Waals surface area contributed by atoms with Gasteiger partial charge in [-0.2, -0.15) is 5.26 Å². The van der Waals surface area contributed by atoms with Crippen LogP contribution in [0, 0.1) is 18.3 Å². The van der Waals surface area contributed by atoms with E-state index >= 15 is 0 Å². The number of benzene rings is 1. The van der Waals surface area contributed by atoms with Crippen molar-refractivity contribution in [2.75, 3.05) is 6.61 Å². The molecule has 1 aromatic carbocycles. The standard InChI is InChI=1S/C18H18N2O3S/c1-3-14(13-7-5-4-6-8-13)18(22)23-10-16(21)15(9-19)17-20-12(2)11-24-17/h4-8,11,14-15H,3,10H2,1-2H3/t14-,15+/m0/s1. The van der Waals surface area contributed by atoms with Crippen LogP contribution in [0.2, 0.25) is 0 Å². The zero-order valence-corrected chi connectivity index (χ0v) is 14.4. The van der Waals surface area contributed by atoms with E-state index in [1.54, 1.807) is 12.3 Å². The lowest BCUT2D eigenvalue weighted by molar-refractivity contribution is -0.149.